The van der Waals surface area contributed by atoms with Gasteiger partial charge < -0.3 is 20.5 Å². The minimum atomic E-state index is -3.10. The second-order valence-corrected chi connectivity index (χ2v) is 6.38. The quantitative estimate of drug-likeness (QED) is 0.629. The van der Waals surface area contributed by atoms with Crippen LogP contribution in [0.5, 0.6) is 0 Å². The Bertz CT molecular complexity index is 241. The molecule has 6 nitrogen and oxygen atoms in total. The van der Waals surface area contributed by atoms with Crippen LogP contribution in [0.4, 0.5) is 0 Å². The van der Waals surface area contributed by atoms with Crippen molar-refractivity contribution in [2.45, 2.75) is 25.3 Å². The van der Waals surface area contributed by atoms with E-state index in [-0.39, 0.29) is 12.6 Å². The normalized spacial score (nSPS) is 20.4. The van der Waals surface area contributed by atoms with Gasteiger partial charge in [-0.05, 0) is 19.3 Å². The van der Waals surface area contributed by atoms with Crippen molar-refractivity contribution < 1.29 is 24.1 Å². The highest BCUT2D eigenvalue weighted by Gasteiger charge is 2.16. The Balaban J connectivity index is 0.000000368. The van der Waals surface area contributed by atoms with Crippen molar-refractivity contribution >= 4 is 13.3 Å². The lowest BCUT2D eigenvalue weighted by molar-refractivity contribution is -0.138. The van der Waals surface area contributed by atoms with E-state index in [1.54, 1.807) is 0 Å². The summed E-state index contributed by atoms with van der Waals surface area (Å²) in [6.07, 6.45) is 2.56. The molecular weight excluding hydrogens is 233 g/mol. The average Bonchev–Trinajstić information content (AvgIpc) is 2.70. The topological polar surface area (TPSA) is 110 Å². The molecule has 4 N–H and O–H groups in total. The largest absolute Gasteiger partial charge is 0.480 e. The van der Waals surface area contributed by atoms with Crippen LogP contribution in [0.2, 0.25) is 0 Å². The van der Waals surface area contributed by atoms with Gasteiger partial charge in [0.15, 0.2) is 7.37 Å². The van der Waals surface area contributed by atoms with Crippen molar-refractivity contribution in [2.24, 2.45) is 5.73 Å². The average molecular weight is 253 g/mol. The van der Waals surface area contributed by atoms with Crippen molar-refractivity contribution in [2.75, 3.05) is 26.0 Å². The summed E-state index contributed by atoms with van der Waals surface area (Å²) in [5.74, 6) is -1.14. The molecule has 2 atom stereocenters. The smallest absolute Gasteiger partial charge is 0.320 e. The molecule has 1 rings (SSSR count). The minimum Gasteiger partial charge on any atom is -0.480 e. The molecule has 0 spiro atoms. The molecule has 0 amide bonds. The molecule has 0 aromatic carbocycles. The van der Waals surface area contributed by atoms with E-state index in [2.05, 4.69) is 0 Å². The van der Waals surface area contributed by atoms with Gasteiger partial charge in [0.2, 0.25) is 0 Å². The standard InChI is InChI=1S/C5H12NO4P.C4H8O/c1-11(9,10)3-2-4(6)5(7)8;1-2-4-5-3-1/h4H,2-3,6H2,1H3,(H,7,8)(H,9,10);1-4H2/t4-;/m0./s1. The molecule has 0 bridgehead atoms. The molecular formula is C9H20NO5P. The van der Waals surface area contributed by atoms with Gasteiger partial charge in [-0.25, -0.2) is 0 Å². The van der Waals surface area contributed by atoms with Crippen molar-refractivity contribution in [3.05, 3.63) is 0 Å². The van der Waals surface area contributed by atoms with Gasteiger partial charge in [-0.3, -0.25) is 9.36 Å². The van der Waals surface area contributed by atoms with Crippen molar-refractivity contribution in [1.82, 2.24) is 0 Å². The predicted molar refractivity (Wildman–Crippen MR) is 60.9 cm³/mol. The number of rotatable bonds is 4. The molecule has 16 heavy (non-hydrogen) atoms. The van der Waals surface area contributed by atoms with Gasteiger partial charge in [0.05, 0.1) is 0 Å². The lowest BCUT2D eigenvalue weighted by atomic mass is 10.2. The van der Waals surface area contributed by atoms with Gasteiger partial charge >= 0.3 is 5.97 Å². The highest BCUT2D eigenvalue weighted by Crippen LogP contribution is 2.35. The van der Waals surface area contributed by atoms with Crippen LogP contribution in [0.3, 0.4) is 0 Å². The summed E-state index contributed by atoms with van der Waals surface area (Å²) >= 11 is 0. The molecule has 0 radical (unpaired) electrons. The lowest BCUT2D eigenvalue weighted by Gasteiger charge is -2.07. The second kappa shape index (κ2) is 7.79. The Morgan fingerprint density at radius 1 is 1.50 bits per heavy atom. The molecule has 0 aromatic heterocycles. The van der Waals surface area contributed by atoms with Crippen LogP contribution in [0.15, 0.2) is 0 Å². The second-order valence-electron chi connectivity index (χ2n) is 3.83. The fourth-order valence-corrected chi connectivity index (χ4v) is 1.77. The van der Waals surface area contributed by atoms with Gasteiger partial charge in [0.1, 0.15) is 6.04 Å². The first kappa shape index (κ1) is 15.6. The third kappa shape index (κ3) is 10.1. The predicted octanol–water partition coefficient (Wildman–Crippen LogP) is 0.485. The first-order valence-corrected chi connectivity index (χ1v) is 7.47. The number of ether oxygens (including phenoxy) is 1. The van der Waals surface area contributed by atoms with E-state index < -0.39 is 19.4 Å². The van der Waals surface area contributed by atoms with Crippen LogP contribution in [-0.2, 0) is 14.1 Å². The van der Waals surface area contributed by atoms with E-state index in [9.17, 15) is 9.36 Å². The fourth-order valence-electron chi connectivity index (χ4n) is 1.01. The van der Waals surface area contributed by atoms with Crippen molar-refractivity contribution in [3.63, 3.8) is 0 Å². The zero-order chi connectivity index (χ0) is 12.6. The zero-order valence-corrected chi connectivity index (χ0v) is 10.4. The molecule has 0 aromatic rings. The van der Waals surface area contributed by atoms with Crippen molar-refractivity contribution in [1.29, 1.82) is 0 Å². The number of carbonyl (C=O) groups is 1. The highest BCUT2D eigenvalue weighted by atomic mass is 31.2. The molecule has 1 heterocycles. The van der Waals surface area contributed by atoms with Crippen LogP contribution in [0.25, 0.3) is 0 Å². The maximum atomic E-state index is 10.6. The molecule has 1 aliphatic rings. The number of carboxylic acids is 1. The van der Waals surface area contributed by atoms with Gasteiger partial charge in [0.25, 0.3) is 0 Å². The molecule has 1 unspecified atom stereocenters. The van der Waals surface area contributed by atoms with Crippen molar-refractivity contribution in [3.8, 4) is 0 Å². The third-order valence-electron chi connectivity index (χ3n) is 2.00. The van der Waals surface area contributed by atoms with Gasteiger partial charge in [-0.2, -0.15) is 0 Å². The van der Waals surface area contributed by atoms with Gasteiger partial charge in [-0.1, -0.05) is 0 Å². The molecule has 0 saturated carbocycles. The number of aliphatic carboxylic acids is 1. The van der Waals surface area contributed by atoms with Crippen LogP contribution >= 0.6 is 7.37 Å². The molecule has 96 valence electrons. The number of hydrogen-bond acceptors (Lipinski definition) is 4. The number of hydrogen-bond donors (Lipinski definition) is 3. The van der Waals surface area contributed by atoms with E-state index >= 15 is 0 Å². The number of nitrogens with two attached hydrogens (primary N) is 1. The van der Waals surface area contributed by atoms with Crippen LogP contribution in [0.1, 0.15) is 19.3 Å². The Morgan fingerprint density at radius 2 is 2.00 bits per heavy atom. The van der Waals surface area contributed by atoms with E-state index in [0.29, 0.717) is 0 Å². The summed E-state index contributed by atoms with van der Waals surface area (Å²) in [6.45, 7) is 3.18. The fraction of sp³-hybridized carbons (Fsp3) is 0.889. The van der Waals surface area contributed by atoms with Crippen LogP contribution in [-0.4, -0.2) is 48.1 Å². The summed E-state index contributed by atoms with van der Waals surface area (Å²) in [5, 5.41) is 8.28. The molecule has 0 aliphatic carbocycles. The Morgan fingerprint density at radius 3 is 2.25 bits per heavy atom. The number of carboxylic acid groups (broad SMARTS) is 1. The summed E-state index contributed by atoms with van der Waals surface area (Å²) in [6, 6.07) is -1.03. The van der Waals surface area contributed by atoms with Crippen LogP contribution in [0, 0.1) is 0 Å². The Labute approximate surface area is 95.2 Å². The van der Waals surface area contributed by atoms with Gasteiger partial charge in [-0.15, -0.1) is 0 Å². The minimum absolute atomic E-state index is 0.0412. The summed E-state index contributed by atoms with van der Waals surface area (Å²) in [4.78, 5) is 18.9. The van der Waals surface area contributed by atoms with E-state index in [1.165, 1.54) is 19.5 Å². The molecule has 1 aliphatic heterocycles. The highest BCUT2D eigenvalue weighted by molar-refractivity contribution is 7.57. The molecule has 1 fully saturated rings. The van der Waals surface area contributed by atoms with Crippen LogP contribution < -0.4 is 5.73 Å². The Hall–Kier alpha value is -0.420. The molecule has 7 heteroatoms. The van der Waals surface area contributed by atoms with Gasteiger partial charge in [0, 0.05) is 26.0 Å². The third-order valence-corrected chi connectivity index (χ3v) is 3.09. The lowest BCUT2D eigenvalue weighted by Crippen LogP contribution is -2.30. The monoisotopic (exact) mass is 253 g/mol. The van der Waals surface area contributed by atoms with E-state index in [4.69, 9.17) is 20.5 Å². The Kier molecular flexibility index (Phi) is 7.58. The maximum Gasteiger partial charge on any atom is 0.320 e. The first-order chi connectivity index (χ1) is 7.33. The molecule has 1 saturated heterocycles. The summed E-state index contributed by atoms with van der Waals surface area (Å²) < 4.78 is 15.6. The van der Waals surface area contributed by atoms with E-state index in [0.717, 1.165) is 13.2 Å². The zero-order valence-electron chi connectivity index (χ0n) is 9.46. The maximum absolute atomic E-state index is 10.6. The first-order valence-electron chi connectivity index (χ1n) is 5.18. The summed E-state index contributed by atoms with van der Waals surface area (Å²) in [7, 11) is -3.10. The SMILES string of the molecule is C1CCOC1.CP(=O)(O)CC[C@H](N)C(=O)O. The summed E-state index contributed by atoms with van der Waals surface area (Å²) in [5.41, 5.74) is 5.09. The van der Waals surface area contributed by atoms with E-state index in [1.807, 2.05) is 0 Å².